The molecular weight excluding hydrogens is 305 g/mol. The molecule has 22 heavy (non-hydrogen) atoms. The summed E-state index contributed by atoms with van der Waals surface area (Å²) >= 11 is -2.08. The molecule has 8 heteroatoms. The Bertz CT molecular complexity index is 562. The van der Waals surface area contributed by atoms with Crippen LogP contribution in [0.1, 0.15) is 33.3 Å². The van der Waals surface area contributed by atoms with E-state index in [0.29, 0.717) is 5.75 Å². The monoisotopic (exact) mass is 327 g/mol. The fourth-order valence-electron chi connectivity index (χ4n) is 2.20. The summed E-state index contributed by atoms with van der Waals surface area (Å²) < 4.78 is 39.4. The van der Waals surface area contributed by atoms with Gasteiger partial charge in [-0.2, -0.15) is 0 Å². The van der Waals surface area contributed by atoms with Crippen molar-refractivity contribution in [3.05, 3.63) is 23.8 Å². The molecule has 2 N–H and O–H groups in total. The van der Waals surface area contributed by atoms with Crippen LogP contribution >= 0.6 is 0 Å². The van der Waals surface area contributed by atoms with Gasteiger partial charge in [0.25, 0.3) is 0 Å². The number of hydrogen-bond donors (Lipinski definition) is 2. The van der Waals surface area contributed by atoms with Gasteiger partial charge in [-0.3, -0.25) is 4.55 Å². The second-order valence-electron chi connectivity index (χ2n) is 6.23. The minimum absolute atomic E-state index is 0.208. The highest BCUT2D eigenvalue weighted by molar-refractivity contribution is 7.77. The molecule has 1 aliphatic heterocycles. The average Bonchev–Trinajstić information content (AvgIpc) is 2.64. The molecule has 1 saturated heterocycles. The largest absolute Gasteiger partial charge is 0.496 e. The molecule has 0 amide bonds. The van der Waals surface area contributed by atoms with E-state index in [-0.39, 0.29) is 6.54 Å². The van der Waals surface area contributed by atoms with Crippen LogP contribution < -0.4 is 14.9 Å². The van der Waals surface area contributed by atoms with Gasteiger partial charge in [0.1, 0.15) is 5.75 Å². The molecule has 1 heterocycles. The maximum Gasteiger partial charge on any atom is 0.494 e. The normalized spacial score (nSPS) is 20.9. The molecule has 0 radical (unpaired) electrons. The van der Waals surface area contributed by atoms with Crippen molar-refractivity contribution in [3.8, 4) is 5.75 Å². The number of hydrogen-bond acceptors (Lipinski definition) is 4. The molecule has 1 atom stereocenters. The van der Waals surface area contributed by atoms with E-state index in [9.17, 15) is 4.21 Å². The predicted molar refractivity (Wildman–Crippen MR) is 86.3 cm³/mol. The third-order valence-electron chi connectivity index (χ3n) is 4.22. The highest BCUT2D eigenvalue weighted by Gasteiger charge is 2.51. The van der Waals surface area contributed by atoms with E-state index in [1.807, 2.05) is 39.8 Å². The molecule has 1 aromatic carbocycles. The van der Waals surface area contributed by atoms with Crippen molar-refractivity contribution in [3.63, 3.8) is 0 Å². The lowest BCUT2D eigenvalue weighted by Crippen LogP contribution is -2.41. The molecular formula is C14H22BNO5S. The standard InChI is InChI=1S/C14H22BNO5S/c1-13(2)14(3,4)21-15(20-13)11-6-7-12(19-5)10(8-11)9-16-22(17)18/h6-8,16H,9H2,1-5H3,(H,17,18). The Kier molecular flexibility index (Phi) is 4.98. The number of rotatable bonds is 5. The number of benzene rings is 1. The van der Waals surface area contributed by atoms with Gasteiger partial charge >= 0.3 is 7.12 Å². The van der Waals surface area contributed by atoms with Gasteiger partial charge in [0.05, 0.1) is 18.3 Å². The van der Waals surface area contributed by atoms with E-state index < -0.39 is 29.6 Å². The summed E-state index contributed by atoms with van der Waals surface area (Å²) in [6.07, 6.45) is 0. The van der Waals surface area contributed by atoms with Gasteiger partial charge in [-0.05, 0) is 39.2 Å². The van der Waals surface area contributed by atoms with Gasteiger partial charge in [-0.1, -0.05) is 12.1 Å². The van der Waals surface area contributed by atoms with E-state index in [1.54, 1.807) is 13.2 Å². The maximum atomic E-state index is 10.8. The van der Waals surface area contributed by atoms with Gasteiger partial charge in [0, 0.05) is 12.1 Å². The quantitative estimate of drug-likeness (QED) is 0.628. The topological polar surface area (TPSA) is 77.0 Å². The van der Waals surface area contributed by atoms with Crippen molar-refractivity contribution in [1.82, 2.24) is 4.72 Å². The Morgan fingerprint density at radius 1 is 1.27 bits per heavy atom. The summed E-state index contributed by atoms with van der Waals surface area (Å²) in [7, 11) is 1.08. The van der Waals surface area contributed by atoms with Gasteiger partial charge in [0.15, 0.2) is 0 Å². The van der Waals surface area contributed by atoms with Crippen molar-refractivity contribution in [2.75, 3.05) is 7.11 Å². The van der Waals surface area contributed by atoms with Crippen LogP contribution in [0.25, 0.3) is 0 Å². The Labute approximate surface area is 134 Å². The summed E-state index contributed by atoms with van der Waals surface area (Å²) in [5.41, 5.74) is 0.780. The molecule has 6 nitrogen and oxygen atoms in total. The lowest BCUT2D eigenvalue weighted by atomic mass is 9.78. The zero-order valence-electron chi connectivity index (χ0n) is 13.5. The fourth-order valence-corrected chi connectivity index (χ4v) is 2.48. The van der Waals surface area contributed by atoms with Crippen LogP contribution in [-0.4, -0.2) is 34.2 Å². The zero-order chi connectivity index (χ0) is 16.5. The van der Waals surface area contributed by atoms with Crippen LogP contribution in [0.3, 0.4) is 0 Å². The third kappa shape index (κ3) is 3.52. The number of nitrogens with one attached hydrogen (secondary N) is 1. The molecule has 2 rings (SSSR count). The van der Waals surface area contributed by atoms with Gasteiger partial charge < -0.3 is 14.0 Å². The molecule has 1 fully saturated rings. The second kappa shape index (κ2) is 6.29. The molecule has 1 unspecified atom stereocenters. The highest BCUT2D eigenvalue weighted by atomic mass is 32.2. The second-order valence-corrected chi connectivity index (χ2v) is 7.02. The Balaban J connectivity index is 2.26. The molecule has 0 saturated carbocycles. The summed E-state index contributed by atoms with van der Waals surface area (Å²) in [6, 6.07) is 5.54. The minimum Gasteiger partial charge on any atom is -0.496 e. The van der Waals surface area contributed by atoms with Crippen molar-refractivity contribution in [1.29, 1.82) is 0 Å². The maximum absolute atomic E-state index is 10.8. The fraction of sp³-hybridized carbons (Fsp3) is 0.571. The molecule has 1 aliphatic rings. The lowest BCUT2D eigenvalue weighted by Gasteiger charge is -2.32. The smallest absolute Gasteiger partial charge is 0.494 e. The van der Waals surface area contributed by atoms with Crippen molar-refractivity contribution in [2.45, 2.75) is 45.4 Å². The first-order valence-electron chi connectivity index (χ1n) is 7.03. The molecule has 1 aromatic rings. The SMILES string of the molecule is COc1ccc(B2OC(C)(C)C(C)(C)O2)cc1CNS(=O)O. The van der Waals surface area contributed by atoms with E-state index in [0.717, 1.165) is 11.0 Å². The van der Waals surface area contributed by atoms with E-state index >= 15 is 0 Å². The molecule has 122 valence electrons. The zero-order valence-corrected chi connectivity index (χ0v) is 14.3. The Morgan fingerprint density at radius 2 is 1.86 bits per heavy atom. The van der Waals surface area contributed by atoms with Crippen LogP contribution in [0.15, 0.2) is 18.2 Å². The number of methoxy groups -OCH3 is 1. The Hall–Kier alpha value is -0.925. The first-order chi connectivity index (χ1) is 10.2. The third-order valence-corrected chi connectivity index (χ3v) is 4.61. The van der Waals surface area contributed by atoms with Gasteiger partial charge in [-0.15, -0.1) is 0 Å². The van der Waals surface area contributed by atoms with E-state index in [4.69, 9.17) is 18.6 Å². The average molecular weight is 327 g/mol. The summed E-state index contributed by atoms with van der Waals surface area (Å²) in [4.78, 5) is 0. The van der Waals surface area contributed by atoms with Crippen LogP contribution in [-0.2, 0) is 27.1 Å². The van der Waals surface area contributed by atoms with Crippen molar-refractivity contribution >= 4 is 23.8 Å². The van der Waals surface area contributed by atoms with Crippen molar-refractivity contribution < 1.29 is 22.8 Å². The van der Waals surface area contributed by atoms with E-state index in [2.05, 4.69) is 4.72 Å². The van der Waals surface area contributed by atoms with Crippen LogP contribution in [0, 0.1) is 0 Å². The van der Waals surface area contributed by atoms with Gasteiger partial charge in [-0.25, -0.2) is 8.93 Å². The van der Waals surface area contributed by atoms with Crippen molar-refractivity contribution in [2.24, 2.45) is 0 Å². The van der Waals surface area contributed by atoms with Crippen LogP contribution in [0.4, 0.5) is 0 Å². The molecule has 0 bridgehead atoms. The predicted octanol–water partition coefficient (Wildman–Crippen LogP) is 1.22. The van der Waals surface area contributed by atoms with E-state index in [1.165, 1.54) is 0 Å². The summed E-state index contributed by atoms with van der Waals surface area (Å²) in [6.45, 7) is 8.18. The Morgan fingerprint density at radius 3 is 2.36 bits per heavy atom. The first kappa shape index (κ1) is 17.4. The molecule has 0 aromatic heterocycles. The summed E-state index contributed by atoms with van der Waals surface area (Å²) in [5, 5.41) is 0. The highest BCUT2D eigenvalue weighted by Crippen LogP contribution is 2.36. The van der Waals surface area contributed by atoms with Gasteiger partial charge in [0.2, 0.25) is 11.3 Å². The van der Waals surface area contributed by atoms with Crippen LogP contribution in [0.2, 0.25) is 0 Å². The molecule has 0 aliphatic carbocycles. The number of ether oxygens (including phenoxy) is 1. The minimum atomic E-state index is -2.08. The lowest BCUT2D eigenvalue weighted by molar-refractivity contribution is 0.00578. The first-order valence-corrected chi connectivity index (χ1v) is 8.14. The summed E-state index contributed by atoms with van der Waals surface area (Å²) in [5.74, 6) is 0.637. The molecule has 0 spiro atoms. The van der Waals surface area contributed by atoms with Crippen LogP contribution in [0.5, 0.6) is 5.75 Å².